The number of aromatic nitrogens is 3. The fourth-order valence-electron chi connectivity index (χ4n) is 3.66. The van der Waals surface area contributed by atoms with Gasteiger partial charge in [-0.25, -0.2) is 4.39 Å². The molecular weight excluding hydrogens is 427 g/mol. The molecule has 0 spiro atoms. The predicted molar refractivity (Wildman–Crippen MR) is 121 cm³/mol. The Morgan fingerprint density at radius 2 is 1.91 bits per heavy atom. The van der Waals surface area contributed by atoms with Crippen LogP contribution < -0.4 is 5.32 Å². The third-order valence-electron chi connectivity index (χ3n) is 5.21. The molecule has 0 saturated carbocycles. The van der Waals surface area contributed by atoms with Crippen LogP contribution in [0.15, 0.2) is 53.7 Å². The normalized spacial score (nSPS) is 14.1. The molecule has 3 aromatic rings. The number of benzene rings is 2. The van der Waals surface area contributed by atoms with Crippen LogP contribution in [0, 0.1) is 17.1 Å². The topological polar surface area (TPSA) is 86.8 Å². The number of hydrogen-bond acceptors (Lipinski definition) is 6. The van der Waals surface area contributed by atoms with Gasteiger partial charge in [0.05, 0.1) is 23.9 Å². The Morgan fingerprint density at radius 3 is 2.66 bits per heavy atom. The van der Waals surface area contributed by atoms with Crippen molar-refractivity contribution < 1.29 is 9.18 Å². The van der Waals surface area contributed by atoms with Gasteiger partial charge in [0.1, 0.15) is 5.82 Å². The van der Waals surface area contributed by atoms with Gasteiger partial charge in [-0.2, -0.15) is 5.26 Å². The Kier molecular flexibility index (Phi) is 7.14. The average molecular weight is 451 g/mol. The number of nitrogens with one attached hydrogen (secondary N) is 1. The Labute approximate surface area is 190 Å². The molecule has 1 amide bonds. The lowest BCUT2D eigenvalue weighted by Gasteiger charge is -2.26. The van der Waals surface area contributed by atoms with Gasteiger partial charge in [-0.3, -0.25) is 14.3 Å². The molecule has 0 aliphatic carbocycles. The zero-order chi connectivity index (χ0) is 22.3. The summed E-state index contributed by atoms with van der Waals surface area (Å²) < 4.78 is 15.4. The summed E-state index contributed by atoms with van der Waals surface area (Å²) in [4.78, 5) is 14.8. The van der Waals surface area contributed by atoms with Gasteiger partial charge in [-0.05, 0) is 68.4 Å². The van der Waals surface area contributed by atoms with Crippen molar-refractivity contribution in [2.75, 3.05) is 24.2 Å². The molecule has 0 unspecified atom stereocenters. The number of carbonyl (C=O) groups excluding carboxylic acids is 1. The van der Waals surface area contributed by atoms with Crippen molar-refractivity contribution in [3.63, 3.8) is 0 Å². The lowest BCUT2D eigenvalue weighted by molar-refractivity contribution is -0.113. The van der Waals surface area contributed by atoms with E-state index in [1.165, 1.54) is 43.2 Å². The number of piperidine rings is 1. The minimum Gasteiger partial charge on any atom is -0.325 e. The van der Waals surface area contributed by atoms with E-state index in [1.807, 2.05) is 4.57 Å². The molecule has 0 atom stereocenters. The molecule has 2 heterocycles. The standard InChI is InChI=1S/C23H23FN6OS/c24-18-7-9-20(10-8-18)30-21(15-29-11-2-1-3-12-29)27-28-23(30)32-16-22(31)26-19-6-4-5-17(13-19)14-25/h4-10,13H,1-3,11-12,15-16H2,(H,26,31). The molecule has 1 saturated heterocycles. The average Bonchev–Trinajstić information content (AvgIpc) is 3.21. The van der Waals surface area contributed by atoms with Crippen LogP contribution >= 0.6 is 11.8 Å². The van der Waals surface area contributed by atoms with Crippen LogP contribution in [0.4, 0.5) is 10.1 Å². The monoisotopic (exact) mass is 450 g/mol. The van der Waals surface area contributed by atoms with Crippen molar-refractivity contribution in [2.24, 2.45) is 0 Å². The van der Waals surface area contributed by atoms with E-state index < -0.39 is 0 Å². The van der Waals surface area contributed by atoms with Crippen LogP contribution in [-0.4, -0.2) is 44.4 Å². The van der Waals surface area contributed by atoms with Crippen molar-refractivity contribution in [1.29, 1.82) is 5.26 Å². The molecule has 4 rings (SSSR count). The highest BCUT2D eigenvalue weighted by Crippen LogP contribution is 2.24. The summed E-state index contributed by atoms with van der Waals surface area (Å²) in [7, 11) is 0. The number of halogens is 1. The van der Waals surface area contributed by atoms with E-state index in [-0.39, 0.29) is 17.5 Å². The largest absolute Gasteiger partial charge is 0.325 e. The summed E-state index contributed by atoms with van der Waals surface area (Å²) in [6, 6.07) is 15.0. The van der Waals surface area contributed by atoms with E-state index in [9.17, 15) is 9.18 Å². The van der Waals surface area contributed by atoms with Gasteiger partial charge in [0, 0.05) is 11.4 Å². The lowest BCUT2D eigenvalue weighted by atomic mass is 10.1. The molecule has 32 heavy (non-hydrogen) atoms. The lowest BCUT2D eigenvalue weighted by Crippen LogP contribution is -2.30. The van der Waals surface area contributed by atoms with Gasteiger partial charge in [-0.1, -0.05) is 24.2 Å². The maximum atomic E-state index is 13.5. The number of carbonyl (C=O) groups is 1. The summed E-state index contributed by atoms with van der Waals surface area (Å²) in [5, 5.41) is 21.1. The number of anilines is 1. The maximum Gasteiger partial charge on any atom is 0.234 e. The molecule has 0 bridgehead atoms. The van der Waals surface area contributed by atoms with Crippen molar-refractivity contribution in [3.05, 3.63) is 65.7 Å². The first-order chi connectivity index (χ1) is 15.6. The Morgan fingerprint density at radius 1 is 1.12 bits per heavy atom. The van der Waals surface area contributed by atoms with E-state index in [1.54, 1.807) is 36.4 Å². The number of nitriles is 1. The minimum absolute atomic E-state index is 0.125. The third kappa shape index (κ3) is 5.52. The Balaban J connectivity index is 1.50. The highest BCUT2D eigenvalue weighted by atomic mass is 32.2. The van der Waals surface area contributed by atoms with Gasteiger partial charge >= 0.3 is 0 Å². The molecule has 1 aromatic heterocycles. The van der Waals surface area contributed by atoms with Gasteiger partial charge < -0.3 is 5.32 Å². The van der Waals surface area contributed by atoms with Crippen LogP contribution in [0.5, 0.6) is 0 Å². The summed E-state index contributed by atoms with van der Waals surface area (Å²) in [5.74, 6) is 0.367. The summed E-state index contributed by atoms with van der Waals surface area (Å²) >= 11 is 1.27. The van der Waals surface area contributed by atoms with Crippen LogP contribution in [0.2, 0.25) is 0 Å². The smallest absolute Gasteiger partial charge is 0.234 e. The van der Waals surface area contributed by atoms with E-state index >= 15 is 0 Å². The minimum atomic E-state index is -0.312. The molecule has 1 fully saturated rings. The fraction of sp³-hybridized carbons (Fsp3) is 0.304. The van der Waals surface area contributed by atoms with Crippen LogP contribution in [-0.2, 0) is 11.3 Å². The second-order valence-electron chi connectivity index (χ2n) is 7.58. The van der Waals surface area contributed by atoms with Crippen molar-refractivity contribution in [2.45, 2.75) is 31.0 Å². The SMILES string of the molecule is N#Cc1cccc(NC(=O)CSc2nnc(CN3CCCCC3)n2-c2ccc(F)cc2)c1. The zero-order valence-electron chi connectivity index (χ0n) is 17.5. The highest BCUT2D eigenvalue weighted by molar-refractivity contribution is 7.99. The Hall–Kier alpha value is -3.22. The molecule has 164 valence electrons. The van der Waals surface area contributed by atoms with Gasteiger partial charge in [0.15, 0.2) is 11.0 Å². The number of likely N-dealkylation sites (tertiary alicyclic amines) is 1. The first-order valence-corrected chi connectivity index (χ1v) is 11.5. The zero-order valence-corrected chi connectivity index (χ0v) is 18.3. The quantitative estimate of drug-likeness (QED) is 0.548. The molecule has 1 N–H and O–H groups in total. The van der Waals surface area contributed by atoms with E-state index in [4.69, 9.17) is 5.26 Å². The second-order valence-corrected chi connectivity index (χ2v) is 8.52. The Bertz CT molecular complexity index is 1120. The first kappa shape index (κ1) is 22.0. The molecule has 7 nitrogen and oxygen atoms in total. The first-order valence-electron chi connectivity index (χ1n) is 10.5. The number of amides is 1. The molecule has 9 heteroatoms. The maximum absolute atomic E-state index is 13.5. The van der Waals surface area contributed by atoms with E-state index in [0.29, 0.717) is 23.0 Å². The van der Waals surface area contributed by atoms with Crippen molar-refractivity contribution in [3.8, 4) is 11.8 Å². The molecule has 0 radical (unpaired) electrons. The number of rotatable bonds is 7. The van der Waals surface area contributed by atoms with E-state index in [0.717, 1.165) is 24.6 Å². The van der Waals surface area contributed by atoms with Crippen molar-refractivity contribution >= 4 is 23.4 Å². The summed E-state index contributed by atoms with van der Waals surface area (Å²) in [5.41, 5.74) is 1.81. The summed E-state index contributed by atoms with van der Waals surface area (Å²) in [6.45, 7) is 2.68. The number of nitrogens with zero attached hydrogens (tertiary/aromatic N) is 5. The fourth-order valence-corrected chi connectivity index (χ4v) is 4.43. The number of hydrogen-bond donors (Lipinski definition) is 1. The van der Waals surface area contributed by atoms with Crippen LogP contribution in [0.25, 0.3) is 5.69 Å². The summed E-state index contributed by atoms with van der Waals surface area (Å²) in [6.07, 6.45) is 3.58. The van der Waals surface area contributed by atoms with Gasteiger partial charge in [-0.15, -0.1) is 10.2 Å². The molecule has 2 aromatic carbocycles. The van der Waals surface area contributed by atoms with E-state index in [2.05, 4.69) is 26.5 Å². The van der Waals surface area contributed by atoms with Gasteiger partial charge in [0.2, 0.25) is 5.91 Å². The number of thioether (sulfide) groups is 1. The second kappa shape index (κ2) is 10.4. The molecule has 1 aliphatic rings. The van der Waals surface area contributed by atoms with Crippen LogP contribution in [0.3, 0.4) is 0 Å². The predicted octanol–water partition coefficient (Wildman–Crippen LogP) is 3.99. The highest BCUT2D eigenvalue weighted by Gasteiger charge is 2.19. The van der Waals surface area contributed by atoms with Crippen molar-refractivity contribution in [1.82, 2.24) is 19.7 Å². The van der Waals surface area contributed by atoms with Crippen LogP contribution in [0.1, 0.15) is 30.7 Å². The molecular formula is C23H23FN6OS. The van der Waals surface area contributed by atoms with Gasteiger partial charge in [0.25, 0.3) is 0 Å². The third-order valence-corrected chi connectivity index (χ3v) is 6.14. The molecule has 1 aliphatic heterocycles.